The van der Waals surface area contributed by atoms with Crippen LogP contribution < -0.4 is 10.6 Å². The predicted molar refractivity (Wildman–Crippen MR) is 321 cm³/mol. The highest BCUT2D eigenvalue weighted by Crippen LogP contribution is 2.70. The lowest BCUT2D eigenvalue weighted by Crippen LogP contribution is -2.70. The van der Waals surface area contributed by atoms with E-state index in [2.05, 4.69) is 10.6 Å². The van der Waals surface area contributed by atoms with E-state index in [1.165, 1.54) is 26.2 Å². The van der Waals surface area contributed by atoms with Gasteiger partial charge >= 0.3 is 12.1 Å². The molecule has 4 aliphatic carbocycles. The minimum atomic E-state index is -2.10. The summed E-state index contributed by atoms with van der Waals surface area (Å²) in [5.74, 6) is -5.55. The van der Waals surface area contributed by atoms with Crippen LogP contribution in [0.15, 0.2) is 23.8 Å². The molecule has 26 atom stereocenters. The fraction of sp³-hybridized carbons (Fsp3) is 0.877. The summed E-state index contributed by atoms with van der Waals surface area (Å²) in [5, 5.41) is 78.8. The van der Waals surface area contributed by atoms with E-state index < -0.39 is 154 Å². The third-order valence-corrected chi connectivity index (χ3v) is 22.5. The fourth-order valence-corrected chi connectivity index (χ4v) is 17.1. The van der Waals surface area contributed by atoms with Crippen molar-refractivity contribution in [2.45, 2.75) is 269 Å². The highest BCUT2D eigenvalue weighted by atomic mass is 19.1. The number of amides is 2. The minimum absolute atomic E-state index is 0.0604. The van der Waals surface area contributed by atoms with Crippen LogP contribution >= 0.6 is 0 Å². The maximum atomic E-state index is 17.8. The van der Waals surface area contributed by atoms with Crippen LogP contribution in [0, 0.1) is 46.3 Å². The lowest BCUT2D eigenvalue weighted by Gasteiger charge is -2.62. The topological polar surface area (TPSA) is 285 Å². The van der Waals surface area contributed by atoms with Gasteiger partial charge in [0, 0.05) is 67.9 Å². The van der Waals surface area contributed by atoms with Crippen molar-refractivity contribution in [3.8, 4) is 0 Å². The third-order valence-electron chi connectivity index (χ3n) is 22.5. The summed E-state index contributed by atoms with van der Waals surface area (Å²) >= 11 is 0. The van der Waals surface area contributed by atoms with Gasteiger partial charge in [0.15, 0.2) is 35.7 Å². The van der Waals surface area contributed by atoms with E-state index in [1.54, 1.807) is 75.3 Å². The van der Waals surface area contributed by atoms with Gasteiger partial charge in [-0.25, -0.2) is 9.18 Å². The molecular formula is C65H109FN4O17. The highest BCUT2D eigenvalue weighted by molar-refractivity contribution is 6.01. The number of nitrogens with zero attached hydrogens (tertiary/aromatic N) is 2. The van der Waals surface area contributed by atoms with Crippen molar-refractivity contribution >= 4 is 23.8 Å². The van der Waals surface area contributed by atoms with Gasteiger partial charge in [0.05, 0.1) is 47.6 Å². The first kappa shape index (κ1) is 71.2. The molecule has 0 aromatic heterocycles. The zero-order chi connectivity index (χ0) is 64.9. The largest absolute Gasteiger partial charge is 0.459 e. The third kappa shape index (κ3) is 13.4. The minimum Gasteiger partial charge on any atom is -0.459 e. The van der Waals surface area contributed by atoms with Gasteiger partial charge in [-0.05, 0) is 164 Å². The molecule has 0 aromatic rings. The molecule has 87 heavy (non-hydrogen) atoms. The normalized spacial score (nSPS) is 47.6. The van der Waals surface area contributed by atoms with Crippen LogP contribution in [0.25, 0.3) is 0 Å². The number of esters is 1. The average Bonchev–Trinajstić information content (AvgIpc) is 1.64. The van der Waals surface area contributed by atoms with Crippen LogP contribution in [0.3, 0.4) is 0 Å². The first-order valence-electron chi connectivity index (χ1n) is 32.3. The van der Waals surface area contributed by atoms with Gasteiger partial charge in [-0.15, -0.1) is 0 Å². The average molecular weight is 1240 g/mol. The zero-order valence-corrected chi connectivity index (χ0v) is 55.0. The Kier molecular flexibility index (Phi) is 22.2. The molecule has 498 valence electrons. The number of nitrogens with one attached hydrogen (secondary N) is 2. The van der Waals surface area contributed by atoms with E-state index in [0.29, 0.717) is 57.2 Å². The molecule has 0 spiro atoms. The lowest BCUT2D eigenvalue weighted by molar-refractivity contribution is -0.318. The molecule has 22 heteroatoms. The summed E-state index contributed by atoms with van der Waals surface area (Å²) in [6.45, 7) is 25.9. The summed E-state index contributed by atoms with van der Waals surface area (Å²) in [4.78, 5) is 59.4. The van der Waals surface area contributed by atoms with Crippen LogP contribution in [0.4, 0.5) is 9.18 Å². The summed E-state index contributed by atoms with van der Waals surface area (Å²) < 4.78 is 62.4. The highest BCUT2D eigenvalue weighted by Gasteiger charge is 2.76. The number of hydrogen-bond acceptors (Lipinski definition) is 19. The number of aliphatic hydroxyl groups excluding tert-OH is 3. The molecule has 7 rings (SSSR count). The summed E-state index contributed by atoms with van der Waals surface area (Å²) in [6.07, 6.45) is -5.64. The van der Waals surface area contributed by atoms with Crippen molar-refractivity contribution in [2.24, 2.45) is 46.3 Å². The molecule has 2 amide bonds. The van der Waals surface area contributed by atoms with Crippen molar-refractivity contribution in [3.63, 3.8) is 0 Å². The molecule has 0 bridgehead atoms. The summed E-state index contributed by atoms with van der Waals surface area (Å²) in [5.41, 5.74) is -10.5. The molecule has 0 radical (unpaired) electrons. The van der Waals surface area contributed by atoms with Crippen LogP contribution in [0.2, 0.25) is 0 Å². The number of likely N-dealkylation sites (N-methyl/N-ethyl adjacent to an activating group) is 2. The fourth-order valence-electron chi connectivity index (χ4n) is 17.1. The number of hydrogen-bond donors (Lipinski definition) is 8. The van der Waals surface area contributed by atoms with Gasteiger partial charge < -0.3 is 79.3 Å². The second-order valence-electron chi connectivity index (χ2n) is 28.7. The van der Waals surface area contributed by atoms with E-state index >= 15 is 4.39 Å². The van der Waals surface area contributed by atoms with Crippen molar-refractivity contribution in [3.05, 3.63) is 23.8 Å². The van der Waals surface area contributed by atoms with Crippen LogP contribution in [0.1, 0.15) is 161 Å². The molecule has 3 heterocycles. The van der Waals surface area contributed by atoms with E-state index in [0.717, 1.165) is 0 Å². The zero-order valence-electron chi connectivity index (χ0n) is 55.0. The second-order valence-corrected chi connectivity index (χ2v) is 28.7. The van der Waals surface area contributed by atoms with Gasteiger partial charge in [-0.1, -0.05) is 53.2 Å². The lowest BCUT2D eigenvalue weighted by atomic mass is 9.44. The number of fused-ring (bicyclic) bond motifs is 5. The first-order chi connectivity index (χ1) is 40.4. The van der Waals surface area contributed by atoms with Gasteiger partial charge in [0.1, 0.15) is 23.9 Å². The number of unbranched alkanes of at least 4 members (excludes halogenated alkanes) is 1. The Morgan fingerprint density at radius 3 is 2.16 bits per heavy atom. The monoisotopic (exact) mass is 1240 g/mol. The van der Waals surface area contributed by atoms with Crippen molar-refractivity contribution < 1.29 is 87.4 Å². The summed E-state index contributed by atoms with van der Waals surface area (Å²) in [6, 6.07) is -1.05. The van der Waals surface area contributed by atoms with Gasteiger partial charge in [0.25, 0.3) is 5.91 Å². The van der Waals surface area contributed by atoms with Gasteiger partial charge in [0.2, 0.25) is 0 Å². The number of ether oxygens (including phenoxy) is 7. The Hall–Kier alpha value is -3.23. The molecule has 3 saturated carbocycles. The van der Waals surface area contributed by atoms with Crippen molar-refractivity contribution in [1.82, 2.24) is 20.4 Å². The summed E-state index contributed by atoms with van der Waals surface area (Å²) in [7, 11) is 5.22. The number of rotatable bonds is 15. The smallest absolute Gasteiger partial charge is 0.407 e. The number of halogens is 1. The molecular weight excluding hydrogens is 1130 g/mol. The molecule has 21 nitrogen and oxygen atoms in total. The Bertz CT molecular complexity index is 2490. The maximum Gasteiger partial charge on any atom is 0.407 e. The van der Waals surface area contributed by atoms with Crippen molar-refractivity contribution in [2.75, 3.05) is 47.4 Å². The number of alkyl carbamates (subject to hydrolysis) is 1. The molecule has 3 saturated heterocycles. The number of ketones is 1. The molecule has 6 fully saturated rings. The van der Waals surface area contributed by atoms with Crippen LogP contribution in [0.5, 0.6) is 0 Å². The number of alkyl halides is 1. The quantitative estimate of drug-likeness (QED) is 0.0766. The number of cyclic esters (lactones) is 1. The Morgan fingerprint density at radius 1 is 0.874 bits per heavy atom. The number of carbonyl (C=O) groups excluding carboxylic acids is 4. The van der Waals surface area contributed by atoms with Gasteiger partial charge in [-0.2, -0.15) is 0 Å². The molecule has 0 aromatic carbocycles. The van der Waals surface area contributed by atoms with E-state index in [9.17, 15) is 49.8 Å². The number of aliphatic hydroxyl groups is 6. The Labute approximate surface area is 516 Å². The SMILES string of the molecule is CC[C@H]1OC(=O)[C@H](C)[C@@H](OC2C[C@@](C)(OC)[C@@H](O)[C@H](C)O2)[C@H](C)[C@@H](OC2O[C@H](C)C[C@H](N(C)CC)[C@H]2O)[C@](C)(O)C[C@@H](C)CN(C)[C@H](C)C(OC(=O)NCCCCNC(=O)[C@@]2(O)[C@H](C)CC3C4CCC5=CC(=O)C=C[C@]5(C)[C@@]4(F)[C@@H](O)C[C@@]32C)[C@]1(C)O. The maximum absolute atomic E-state index is 17.8. The van der Waals surface area contributed by atoms with Crippen molar-refractivity contribution in [1.29, 1.82) is 0 Å². The van der Waals surface area contributed by atoms with E-state index in [1.807, 2.05) is 44.7 Å². The second kappa shape index (κ2) is 27.2. The molecule has 5 unspecified atom stereocenters. The van der Waals surface area contributed by atoms with E-state index in [4.69, 9.17) is 33.2 Å². The first-order valence-corrected chi connectivity index (χ1v) is 32.3. The molecule has 7 aliphatic rings. The molecule has 3 aliphatic heterocycles. The predicted octanol–water partition coefficient (Wildman–Crippen LogP) is 5.27. The number of carbonyl (C=O) groups is 4. The van der Waals surface area contributed by atoms with Crippen LogP contribution in [-0.4, -0.2) is 219 Å². The number of methoxy groups -OCH3 is 1. The van der Waals surface area contributed by atoms with E-state index in [-0.39, 0.29) is 62.6 Å². The standard InChI is InChI=1S/C65H109FN4O17/c1-18-48-63(14,79)54(87-58(77)68-27-21-20-26-67-57(76)65(80)36(4)28-45-44-23-22-42-30-43(71)24-25-59(42,10)64(44,66)47(72)32-60(45,65)11)40(8)70(16)34-35(3)31-61(12,78)53(86-56-50(73)46(69(15)19-2)29-37(5)82-56)38(6)51(39(7)55(75)84-48)85-49-33-62(13,81-17)52(74)41(9)83-49/h24-25,30,35-41,44-54,56,72-74,78-80H,18-23,26-29,31-34H2,1-17H3,(H,67,76)(H,68,77)/t35-,36-,37-,38+,39-,40-,41+,44?,45?,46+,47+,48-,49?,50-,51+,52+,53-,54?,56?,59+,60+,61-,62-,63-,64+,65+/m1/s1. The Morgan fingerprint density at radius 2 is 1.53 bits per heavy atom. The molecule has 8 N–H and O–H groups in total. The Balaban J connectivity index is 1.06. The van der Waals surface area contributed by atoms with Crippen LogP contribution in [-0.2, 0) is 47.5 Å². The number of allylic oxidation sites excluding steroid dienone is 4. The van der Waals surface area contributed by atoms with Gasteiger partial charge in [-0.3, -0.25) is 19.3 Å².